The first-order valence-corrected chi connectivity index (χ1v) is 4.80. The summed E-state index contributed by atoms with van der Waals surface area (Å²) >= 11 is 0. The fourth-order valence-electron chi connectivity index (χ4n) is 1.21. The Hall–Kier alpha value is -2.34. The van der Waals surface area contributed by atoms with E-state index in [4.69, 9.17) is 10.5 Å². The lowest BCUT2D eigenvalue weighted by atomic mass is 10.3. The van der Waals surface area contributed by atoms with E-state index in [2.05, 4.69) is 4.98 Å². The van der Waals surface area contributed by atoms with Gasteiger partial charge in [-0.3, -0.25) is 4.57 Å². The largest absolute Gasteiger partial charge is 0.329 e. The SMILES string of the molecule is N#CCCN(CCC#N)C(=O)n1ccnc1. The highest BCUT2D eigenvalue weighted by Crippen LogP contribution is 1.99. The number of nitrogens with zero attached hydrogens (tertiary/aromatic N) is 5. The Labute approximate surface area is 93.3 Å². The molecule has 0 aliphatic rings. The molecule has 0 aliphatic heterocycles. The molecule has 0 saturated carbocycles. The van der Waals surface area contributed by atoms with Gasteiger partial charge < -0.3 is 4.90 Å². The van der Waals surface area contributed by atoms with Crippen LogP contribution in [0.1, 0.15) is 12.8 Å². The summed E-state index contributed by atoms with van der Waals surface area (Å²) in [5.41, 5.74) is 0. The van der Waals surface area contributed by atoms with Gasteiger partial charge in [-0.05, 0) is 0 Å². The summed E-state index contributed by atoms with van der Waals surface area (Å²) in [6.07, 6.45) is 4.95. The summed E-state index contributed by atoms with van der Waals surface area (Å²) in [4.78, 5) is 17.1. The van der Waals surface area contributed by atoms with Crippen LogP contribution in [0.25, 0.3) is 0 Å². The number of hydrogen-bond acceptors (Lipinski definition) is 4. The molecule has 0 saturated heterocycles. The van der Waals surface area contributed by atoms with Gasteiger partial charge in [0.25, 0.3) is 0 Å². The minimum atomic E-state index is -0.261. The maximum absolute atomic E-state index is 11.8. The quantitative estimate of drug-likeness (QED) is 0.752. The standard InChI is InChI=1S/C10H11N5O/c11-3-1-6-14(7-2-4-12)10(16)15-8-5-13-9-15/h5,8-9H,1-2,6-7H2. The number of rotatable bonds is 4. The molecule has 82 valence electrons. The second kappa shape index (κ2) is 6.20. The van der Waals surface area contributed by atoms with E-state index in [1.807, 2.05) is 12.1 Å². The molecule has 1 rings (SSSR count). The third-order valence-corrected chi connectivity index (χ3v) is 1.98. The summed E-state index contributed by atoms with van der Waals surface area (Å²) in [5.74, 6) is 0. The van der Waals surface area contributed by atoms with Crippen LogP contribution in [0, 0.1) is 22.7 Å². The maximum Gasteiger partial charge on any atom is 0.329 e. The number of nitriles is 2. The van der Waals surface area contributed by atoms with Crippen LogP contribution in [-0.2, 0) is 0 Å². The molecule has 6 heteroatoms. The zero-order chi connectivity index (χ0) is 11.8. The highest BCUT2D eigenvalue weighted by Gasteiger charge is 2.13. The molecular formula is C10H11N5O. The molecule has 0 bridgehead atoms. The first-order valence-electron chi connectivity index (χ1n) is 4.80. The fourth-order valence-corrected chi connectivity index (χ4v) is 1.21. The summed E-state index contributed by atoms with van der Waals surface area (Å²) in [6, 6.07) is 3.69. The van der Waals surface area contributed by atoms with Crippen molar-refractivity contribution in [3.05, 3.63) is 18.7 Å². The number of aromatic nitrogens is 2. The lowest BCUT2D eigenvalue weighted by molar-refractivity contribution is 0.201. The van der Waals surface area contributed by atoms with E-state index in [1.54, 1.807) is 0 Å². The molecule has 1 heterocycles. The Morgan fingerprint density at radius 3 is 2.38 bits per heavy atom. The van der Waals surface area contributed by atoms with Crippen molar-refractivity contribution in [3.63, 3.8) is 0 Å². The molecule has 1 aromatic heterocycles. The predicted molar refractivity (Wildman–Crippen MR) is 55.1 cm³/mol. The minimum absolute atomic E-state index is 0.256. The zero-order valence-electron chi connectivity index (χ0n) is 8.70. The van der Waals surface area contributed by atoms with Crippen LogP contribution in [0.5, 0.6) is 0 Å². The van der Waals surface area contributed by atoms with Crippen LogP contribution in [0.3, 0.4) is 0 Å². The second-order valence-corrected chi connectivity index (χ2v) is 3.06. The van der Waals surface area contributed by atoms with Gasteiger partial charge in [-0.15, -0.1) is 0 Å². The van der Waals surface area contributed by atoms with Gasteiger partial charge in [0.2, 0.25) is 0 Å². The maximum atomic E-state index is 11.8. The van der Waals surface area contributed by atoms with Crippen molar-refractivity contribution in [2.75, 3.05) is 13.1 Å². The van der Waals surface area contributed by atoms with E-state index in [9.17, 15) is 4.79 Å². The second-order valence-electron chi connectivity index (χ2n) is 3.06. The summed E-state index contributed by atoms with van der Waals surface area (Å²) in [7, 11) is 0. The molecule has 0 aromatic carbocycles. The van der Waals surface area contributed by atoms with E-state index >= 15 is 0 Å². The highest BCUT2D eigenvalue weighted by atomic mass is 16.2. The van der Waals surface area contributed by atoms with Gasteiger partial charge in [0.1, 0.15) is 6.33 Å². The van der Waals surface area contributed by atoms with Crippen molar-refractivity contribution >= 4 is 6.03 Å². The Kier molecular flexibility index (Phi) is 4.55. The molecule has 1 amide bonds. The molecule has 0 atom stereocenters. The van der Waals surface area contributed by atoms with Crippen LogP contribution in [0.2, 0.25) is 0 Å². The first kappa shape index (κ1) is 11.7. The Bertz CT molecular complexity index is 393. The van der Waals surface area contributed by atoms with Crippen molar-refractivity contribution in [3.8, 4) is 12.1 Å². The Morgan fingerprint density at radius 2 is 1.94 bits per heavy atom. The Morgan fingerprint density at radius 1 is 1.31 bits per heavy atom. The van der Waals surface area contributed by atoms with Crippen LogP contribution in [-0.4, -0.2) is 33.6 Å². The molecule has 0 spiro atoms. The molecule has 0 unspecified atom stereocenters. The molecule has 1 aromatic rings. The zero-order valence-corrected chi connectivity index (χ0v) is 8.70. The van der Waals surface area contributed by atoms with E-state index in [1.165, 1.54) is 28.2 Å². The normalized spacial score (nSPS) is 9.12. The third kappa shape index (κ3) is 3.10. The van der Waals surface area contributed by atoms with Gasteiger partial charge in [0, 0.05) is 25.5 Å². The number of amides is 1. The van der Waals surface area contributed by atoms with Crippen LogP contribution in [0.15, 0.2) is 18.7 Å². The van der Waals surface area contributed by atoms with Crippen LogP contribution >= 0.6 is 0 Å². The van der Waals surface area contributed by atoms with E-state index in [0.29, 0.717) is 13.1 Å². The summed E-state index contributed by atoms with van der Waals surface area (Å²) in [6.45, 7) is 0.657. The minimum Gasteiger partial charge on any atom is -0.322 e. The van der Waals surface area contributed by atoms with Gasteiger partial charge in [-0.1, -0.05) is 0 Å². The number of imidazole rings is 1. The molecule has 0 fully saturated rings. The third-order valence-electron chi connectivity index (χ3n) is 1.98. The summed E-state index contributed by atoms with van der Waals surface area (Å²) in [5, 5.41) is 17.0. The highest BCUT2D eigenvalue weighted by molar-refractivity contribution is 5.76. The Balaban J connectivity index is 2.65. The van der Waals surface area contributed by atoms with Gasteiger partial charge in [-0.2, -0.15) is 10.5 Å². The number of carbonyl (C=O) groups is 1. The smallest absolute Gasteiger partial charge is 0.322 e. The number of carbonyl (C=O) groups excluding carboxylic acids is 1. The lowest BCUT2D eigenvalue weighted by Crippen LogP contribution is -2.35. The monoisotopic (exact) mass is 217 g/mol. The topological polar surface area (TPSA) is 85.7 Å². The van der Waals surface area contributed by atoms with Crippen LogP contribution in [0.4, 0.5) is 4.79 Å². The van der Waals surface area contributed by atoms with Crippen LogP contribution < -0.4 is 0 Å². The first-order chi connectivity index (χ1) is 7.79. The van der Waals surface area contributed by atoms with E-state index in [0.717, 1.165) is 0 Å². The van der Waals surface area contributed by atoms with Gasteiger partial charge in [-0.25, -0.2) is 9.78 Å². The van der Waals surface area contributed by atoms with E-state index in [-0.39, 0.29) is 18.9 Å². The average molecular weight is 217 g/mol. The van der Waals surface area contributed by atoms with E-state index < -0.39 is 0 Å². The lowest BCUT2D eigenvalue weighted by Gasteiger charge is -2.19. The van der Waals surface area contributed by atoms with Crippen molar-refractivity contribution in [2.45, 2.75) is 12.8 Å². The van der Waals surface area contributed by atoms with Gasteiger partial charge in [0.15, 0.2) is 0 Å². The van der Waals surface area contributed by atoms with Crippen molar-refractivity contribution in [1.29, 1.82) is 10.5 Å². The molecule has 0 radical (unpaired) electrons. The van der Waals surface area contributed by atoms with Gasteiger partial charge in [0.05, 0.1) is 25.0 Å². The molecule has 0 N–H and O–H groups in total. The molecule has 0 aliphatic carbocycles. The van der Waals surface area contributed by atoms with Crippen molar-refractivity contribution < 1.29 is 4.79 Å². The summed E-state index contributed by atoms with van der Waals surface area (Å²) < 4.78 is 1.33. The predicted octanol–water partition coefficient (Wildman–Crippen LogP) is 0.981. The fraction of sp³-hybridized carbons (Fsp3) is 0.400. The molecule has 6 nitrogen and oxygen atoms in total. The van der Waals surface area contributed by atoms with Crippen molar-refractivity contribution in [2.24, 2.45) is 0 Å². The molecule has 16 heavy (non-hydrogen) atoms. The molecular weight excluding hydrogens is 206 g/mol. The number of hydrogen-bond donors (Lipinski definition) is 0. The van der Waals surface area contributed by atoms with Gasteiger partial charge >= 0.3 is 6.03 Å². The van der Waals surface area contributed by atoms with Crippen molar-refractivity contribution in [1.82, 2.24) is 14.5 Å². The average Bonchev–Trinajstić information content (AvgIpc) is 2.82.